The first kappa shape index (κ1) is 12.1. The topological polar surface area (TPSA) is 34.2 Å². The standard InChI is InChI=1S/C14H18N2OS/c1-3-14(2)9-15-8-11(17-14)13-16-10-6-4-5-7-12(10)18-13/h4-7,11,15H,3,8-9H2,1-2H3. The lowest BCUT2D eigenvalue weighted by Gasteiger charge is -2.37. The summed E-state index contributed by atoms with van der Waals surface area (Å²) in [5.74, 6) is 0. The number of hydrogen-bond donors (Lipinski definition) is 1. The second-order valence-electron chi connectivity index (χ2n) is 5.06. The number of para-hydroxylation sites is 1. The molecule has 0 radical (unpaired) electrons. The van der Waals surface area contributed by atoms with E-state index in [2.05, 4.69) is 42.3 Å². The van der Waals surface area contributed by atoms with Crippen LogP contribution in [0, 0.1) is 0 Å². The van der Waals surface area contributed by atoms with Crippen LogP contribution >= 0.6 is 11.3 Å². The van der Waals surface area contributed by atoms with Gasteiger partial charge in [-0.15, -0.1) is 11.3 Å². The summed E-state index contributed by atoms with van der Waals surface area (Å²) in [6, 6.07) is 8.26. The molecule has 2 heterocycles. The van der Waals surface area contributed by atoms with Crippen molar-refractivity contribution in [3.05, 3.63) is 29.3 Å². The lowest BCUT2D eigenvalue weighted by Crippen LogP contribution is -2.48. The molecule has 0 saturated carbocycles. The van der Waals surface area contributed by atoms with Gasteiger partial charge in [-0.05, 0) is 25.5 Å². The fourth-order valence-corrected chi connectivity index (χ4v) is 3.27. The van der Waals surface area contributed by atoms with E-state index in [1.54, 1.807) is 11.3 Å². The van der Waals surface area contributed by atoms with Crippen molar-refractivity contribution in [3.63, 3.8) is 0 Å². The Balaban J connectivity index is 1.89. The number of thiazole rings is 1. The number of nitrogens with one attached hydrogen (secondary N) is 1. The van der Waals surface area contributed by atoms with Gasteiger partial charge in [-0.1, -0.05) is 19.1 Å². The van der Waals surface area contributed by atoms with Crippen molar-refractivity contribution in [2.45, 2.75) is 32.0 Å². The van der Waals surface area contributed by atoms with Crippen LogP contribution in [0.3, 0.4) is 0 Å². The molecule has 1 aromatic heterocycles. The Morgan fingerprint density at radius 3 is 3.11 bits per heavy atom. The Hall–Kier alpha value is -0.970. The summed E-state index contributed by atoms with van der Waals surface area (Å²) < 4.78 is 7.46. The van der Waals surface area contributed by atoms with Crippen LogP contribution in [0.1, 0.15) is 31.4 Å². The van der Waals surface area contributed by atoms with Gasteiger partial charge in [0, 0.05) is 13.1 Å². The molecular formula is C14H18N2OS. The normalized spacial score (nSPS) is 28.7. The quantitative estimate of drug-likeness (QED) is 0.903. The average Bonchev–Trinajstić information content (AvgIpc) is 2.83. The zero-order chi connectivity index (χ0) is 12.6. The number of hydrogen-bond acceptors (Lipinski definition) is 4. The highest BCUT2D eigenvalue weighted by molar-refractivity contribution is 7.18. The first-order valence-electron chi connectivity index (χ1n) is 6.44. The molecule has 3 rings (SSSR count). The fraction of sp³-hybridized carbons (Fsp3) is 0.500. The summed E-state index contributed by atoms with van der Waals surface area (Å²) in [4.78, 5) is 4.69. The average molecular weight is 262 g/mol. The molecule has 2 atom stereocenters. The molecule has 1 N–H and O–H groups in total. The molecule has 1 aromatic carbocycles. The maximum atomic E-state index is 6.22. The second-order valence-corrected chi connectivity index (χ2v) is 6.12. The van der Waals surface area contributed by atoms with Crippen LogP contribution in [0.15, 0.2) is 24.3 Å². The maximum Gasteiger partial charge on any atom is 0.124 e. The molecule has 0 bridgehead atoms. The van der Waals surface area contributed by atoms with E-state index in [9.17, 15) is 0 Å². The van der Waals surface area contributed by atoms with E-state index in [4.69, 9.17) is 4.74 Å². The molecule has 2 unspecified atom stereocenters. The van der Waals surface area contributed by atoms with E-state index in [1.165, 1.54) is 4.70 Å². The first-order valence-corrected chi connectivity index (χ1v) is 7.26. The third-order valence-electron chi connectivity index (χ3n) is 3.59. The molecule has 96 valence electrons. The fourth-order valence-electron chi connectivity index (χ4n) is 2.27. The number of fused-ring (bicyclic) bond motifs is 1. The molecule has 1 fully saturated rings. The Bertz CT molecular complexity index is 520. The van der Waals surface area contributed by atoms with Gasteiger partial charge in [-0.25, -0.2) is 4.98 Å². The highest BCUT2D eigenvalue weighted by Crippen LogP contribution is 2.33. The molecule has 0 amide bonds. The van der Waals surface area contributed by atoms with Crippen LogP contribution in [-0.4, -0.2) is 23.7 Å². The van der Waals surface area contributed by atoms with Crippen molar-refractivity contribution in [3.8, 4) is 0 Å². The summed E-state index contributed by atoms with van der Waals surface area (Å²) in [5.41, 5.74) is 1.01. The SMILES string of the molecule is CCC1(C)CNCC(c2nc3ccccc3s2)O1. The molecule has 0 spiro atoms. The zero-order valence-electron chi connectivity index (χ0n) is 10.8. The van der Waals surface area contributed by atoms with E-state index in [0.29, 0.717) is 0 Å². The van der Waals surface area contributed by atoms with Gasteiger partial charge in [0.15, 0.2) is 0 Å². The number of aromatic nitrogens is 1. The van der Waals surface area contributed by atoms with Crippen LogP contribution < -0.4 is 5.32 Å². The third-order valence-corrected chi connectivity index (χ3v) is 4.72. The lowest BCUT2D eigenvalue weighted by molar-refractivity contribution is -0.109. The maximum absolute atomic E-state index is 6.22. The van der Waals surface area contributed by atoms with Crippen molar-refractivity contribution >= 4 is 21.6 Å². The molecule has 0 aliphatic carbocycles. The van der Waals surface area contributed by atoms with Crippen LogP contribution in [0.4, 0.5) is 0 Å². The van der Waals surface area contributed by atoms with E-state index in [0.717, 1.165) is 30.0 Å². The van der Waals surface area contributed by atoms with E-state index < -0.39 is 0 Å². The second kappa shape index (κ2) is 4.61. The van der Waals surface area contributed by atoms with Gasteiger partial charge in [-0.2, -0.15) is 0 Å². The summed E-state index contributed by atoms with van der Waals surface area (Å²) in [6.45, 7) is 6.11. The summed E-state index contributed by atoms with van der Waals surface area (Å²) in [5, 5.41) is 4.55. The van der Waals surface area contributed by atoms with Gasteiger partial charge in [0.05, 0.1) is 15.8 Å². The van der Waals surface area contributed by atoms with Crippen molar-refractivity contribution in [1.82, 2.24) is 10.3 Å². The largest absolute Gasteiger partial charge is 0.362 e. The third kappa shape index (κ3) is 2.16. The molecular weight excluding hydrogens is 244 g/mol. The van der Waals surface area contributed by atoms with Crippen molar-refractivity contribution in [2.24, 2.45) is 0 Å². The predicted octanol–water partition coefficient (Wildman–Crippen LogP) is 3.13. The molecule has 1 aliphatic heterocycles. The highest BCUT2D eigenvalue weighted by Gasteiger charge is 2.33. The number of rotatable bonds is 2. The number of ether oxygens (including phenoxy) is 1. The van der Waals surface area contributed by atoms with Gasteiger partial charge in [0.25, 0.3) is 0 Å². The minimum absolute atomic E-state index is 0.0687. The van der Waals surface area contributed by atoms with E-state index in [-0.39, 0.29) is 11.7 Å². The van der Waals surface area contributed by atoms with Gasteiger partial charge in [-0.3, -0.25) is 0 Å². The van der Waals surface area contributed by atoms with Gasteiger partial charge in [0.1, 0.15) is 11.1 Å². The monoisotopic (exact) mass is 262 g/mol. The first-order chi connectivity index (χ1) is 8.70. The van der Waals surface area contributed by atoms with Crippen molar-refractivity contribution < 1.29 is 4.74 Å². The smallest absolute Gasteiger partial charge is 0.124 e. The minimum Gasteiger partial charge on any atom is -0.362 e. The number of benzene rings is 1. The number of morpholine rings is 1. The van der Waals surface area contributed by atoms with Crippen molar-refractivity contribution in [1.29, 1.82) is 0 Å². The Morgan fingerprint density at radius 2 is 2.33 bits per heavy atom. The predicted molar refractivity (Wildman–Crippen MR) is 75.0 cm³/mol. The van der Waals surface area contributed by atoms with E-state index in [1.807, 2.05) is 6.07 Å². The number of nitrogens with zero attached hydrogens (tertiary/aromatic N) is 1. The van der Waals surface area contributed by atoms with Gasteiger partial charge in [0.2, 0.25) is 0 Å². The highest BCUT2D eigenvalue weighted by atomic mass is 32.1. The van der Waals surface area contributed by atoms with Crippen LogP contribution in [0.2, 0.25) is 0 Å². The lowest BCUT2D eigenvalue weighted by atomic mass is 10.0. The zero-order valence-corrected chi connectivity index (χ0v) is 11.6. The molecule has 4 heteroatoms. The molecule has 18 heavy (non-hydrogen) atoms. The molecule has 1 aliphatic rings. The molecule has 3 nitrogen and oxygen atoms in total. The van der Waals surface area contributed by atoms with Crippen LogP contribution in [-0.2, 0) is 4.74 Å². The molecule has 1 saturated heterocycles. The van der Waals surface area contributed by atoms with Gasteiger partial charge < -0.3 is 10.1 Å². The van der Waals surface area contributed by atoms with Gasteiger partial charge >= 0.3 is 0 Å². The summed E-state index contributed by atoms with van der Waals surface area (Å²) >= 11 is 1.74. The van der Waals surface area contributed by atoms with Crippen LogP contribution in [0.5, 0.6) is 0 Å². The molecule has 2 aromatic rings. The minimum atomic E-state index is -0.0687. The van der Waals surface area contributed by atoms with Crippen LogP contribution in [0.25, 0.3) is 10.2 Å². The Labute approximate surface area is 111 Å². The Morgan fingerprint density at radius 1 is 1.50 bits per heavy atom. The van der Waals surface area contributed by atoms with Crippen molar-refractivity contribution in [2.75, 3.05) is 13.1 Å². The summed E-state index contributed by atoms with van der Waals surface area (Å²) in [7, 11) is 0. The Kier molecular flexibility index (Phi) is 3.09. The van der Waals surface area contributed by atoms with E-state index >= 15 is 0 Å². The summed E-state index contributed by atoms with van der Waals surface area (Å²) in [6.07, 6.45) is 1.10.